The summed E-state index contributed by atoms with van der Waals surface area (Å²) >= 11 is 5.70. The van der Waals surface area contributed by atoms with Gasteiger partial charge in [0.15, 0.2) is 0 Å². The Morgan fingerprint density at radius 1 is 0.625 bits per heavy atom. The monoisotopic (exact) mass is 817 g/mol. The lowest BCUT2D eigenvalue weighted by Gasteiger charge is -2.20. The molecule has 0 N–H and O–H groups in total. The van der Waals surface area contributed by atoms with Crippen LogP contribution < -0.4 is 0 Å². The van der Waals surface area contributed by atoms with E-state index in [-0.39, 0.29) is 23.1 Å². The molecule has 1 aliphatic heterocycles. The van der Waals surface area contributed by atoms with Crippen LogP contribution in [0.3, 0.4) is 0 Å². The molecule has 0 saturated heterocycles. The van der Waals surface area contributed by atoms with E-state index in [0.29, 0.717) is 17.7 Å². The number of carbonyl (C=O) groups is 2. The third kappa shape index (κ3) is 9.87. The maximum atomic E-state index is 14.4. The van der Waals surface area contributed by atoms with Crippen molar-refractivity contribution < 1.29 is 9.59 Å². The number of fused-ring (bicyclic) bond motifs is 3. The summed E-state index contributed by atoms with van der Waals surface area (Å²) in [6.45, 7) is 23.7. The van der Waals surface area contributed by atoms with Crippen LogP contribution in [0.5, 0.6) is 0 Å². The van der Waals surface area contributed by atoms with Crippen molar-refractivity contribution in [3.05, 3.63) is 44.1 Å². The molecule has 310 valence electrons. The van der Waals surface area contributed by atoms with Crippen molar-refractivity contribution in [2.75, 3.05) is 6.54 Å². The van der Waals surface area contributed by atoms with Crippen molar-refractivity contribution in [3.8, 4) is 9.75 Å². The summed E-state index contributed by atoms with van der Waals surface area (Å²) in [6, 6.07) is 5.05. The van der Waals surface area contributed by atoms with E-state index in [1.165, 1.54) is 131 Å². The molecular weight excluding hydrogens is 743 g/mol. The van der Waals surface area contributed by atoms with Gasteiger partial charge in [-0.15, -0.1) is 34.0 Å². The van der Waals surface area contributed by atoms with Gasteiger partial charge >= 0.3 is 0 Å². The minimum absolute atomic E-state index is 0.0609. The lowest BCUT2D eigenvalue weighted by molar-refractivity contribution is 0.0651. The molecular formula is C50H75NO2S3. The first kappa shape index (κ1) is 45.1. The molecule has 0 spiro atoms. The number of hydrogen-bond acceptors (Lipinski definition) is 5. The van der Waals surface area contributed by atoms with Crippen LogP contribution in [0.1, 0.15) is 226 Å². The molecule has 0 bridgehead atoms. The molecule has 1 aliphatic rings. The molecule has 3 aromatic heterocycles. The molecule has 4 aromatic rings. The van der Waals surface area contributed by atoms with Crippen molar-refractivity contribution in [1.29, 1.82) is 0 Å². The minimum Gasteiger partial charge on any atom is -0.274 e. The summed E-state index contributed by atoms with van der Waals surface area (Å²) in [5.74, 6) is 1.54. The van der Waals surface area contributed by atoms with Gasteiger partial charge in [0.1, 0.15) is 0 Å². The molecule has 0 radical (unpaired) electrons. The van der Waals surface area contributed by atoms with Crippen LogP contribution >= 0.6 is 34.0 Å². The van der Waals surface area contributed by atoms with Crippen LogP contribution in [-0.2, 0) is 18.3 Å². The second kappa shape index (κ2) is 20.8. The van der Waals surface area contributed by atoms with Crippen molar-refractivity contribution in [2.24, 2.45) is 11.8 Å². The Morgan fingerprint density at radius 2 is 1.16 bits per heavy atom. The van der Waals surface area contributed by atoms with Crippen molar-refractivity contribution in [1.82, 2.24) is 4.90 Å². The van der Waals surface area contributed by atoms with Crippen LogP contribution in [0.2, 0.25) is 0 Å². The molecule has 2 unspecified atom stereocenters. The largest absolute Gasteiger partial charge is 0.274 e. The summed E-state index contributed by atoms with van der Waals surface area (Å²) in [5.41, 5.74) is 4.58. The standard InChI is InChI=1S/C50H75NO2S3/c1-11-17-20-21-22-23-30-51-48(52)42-43(49(51)53)47(56-44(42)33(7)8)40-31-38-36(28-26-34(14-4)24-18-12-2)46-39(32-41(55-46)50(9,10)16-6)37(45(38)54-40)29-27-35(15-5)25-19-13-3/h31-35H,11-30H2,1-10H3. The van der Waals surface area contributed by atoms with E-state index in [0.717, 1.165) is 53.7 Å². The maximum Gasteiger partial charge on any atom is 0.263 e. The number of amides is 2. The predicted molar refractivity (Wildman–Crippen MR) is 250 cm³/mol. The van der Waals surface area contributed by atoms with Gasteiger partial charge in [0.25, 0.3) is 11.8 Å². The molecule has 2 atom stereocenters. The zero-order chi connectivity index (χ0) is 40.6. The first-order valence-corrected chi connectivity index (χ1v) is 25.4. The second-order valence-corrected chi connectivity index (χ2v) is 21.2. The Bertz CT molecular complexity index is 1830. The van der Waals surface area contributed by atoms with E-state index in [1.807, 2.05) is 11.3 Å². The average molecular weight is 818 g/mol. The molecule has 0 fully saturated rings. The first-order valence-electron chi connectivity index (χ1n) is 23.0. The lowest BCUT2D eigenvalue weighted by atomic mass is 9.86. The zero-order valence-electron chi connectivity index (χ0n) is 37.0. The minimum atomic E-state index is -0.0644. The number of rotatable bonds is 25. The molecule has 0 saturated carbocycles. The highest BCUT2D eigenvalue weighted by molar-refractivity contribution is 7.27. The van der Waals surface area contributed by atoms with Gasteiger partial charge in [-0.25, -0.2) is 0 Å². The van der Waals surface area contributed by atoms with E-state index in [1.54, 1.807) is 16.2 Å². The number of aryl methyl sites for hydroxylation is 2. The average Bonchev–Trinajstić information content (AvgIpc) is 3.97. The highest BCUT2D eigenvalue weighted by Crippen LogP contribution is 2.51. The Kier molecular flexibility index (Phi) is 16.7. The molecule has 3 nitrogen and oxygen atoms in total. The fourth-order valence-electron chi connectivity index (χ4n) is 8.89. The Hall–Kier alpha value is -2.02. The van der Waals surface area contributed by atoms with Crippen molar-refractivity contribution in [2.45, 2.75) is 203 Å². The smallest absolute Gasteiger partial charge is 0.263 e. The highest BCUT2D eigenvalue weighted by atomic mass is 32.1. The van der Waals surface area contributed by atoms with Gasteiger partial charge < -0.3 is 0 Å². The summed E-state index contributed by atoms with van der Waals surface area (Å²) in [6.07, 6.45) is 22.8. The van der Waals surface area contributed by atoms with Gasteiger partial charge in [0.2, 0.25) is 0 Å². The highest BCUT2D eigenvalue weighted by Gasteiger charge is 2.42. The van der Waals surface area contributed by atoms with Gasteiger partial charge in [0, 0.05) is 30.6 Å². The second-order valence-electron chi connectivity index (χ2n) is 18.0. The molecule has 2 amide bonds. The van der Waals surface area contributed by atoms with Gasteiger partial charge in [-0.3, -0.25) is 14.5 Å². The van der Waals surface area contributed by atoms with E-state index in [4.69, 9.17) is 0 Å². The number of unbranched alkanes of at least 4 members (excludes halogenated alkanes) is 7. The van der Waals surface area contributed by atoms with E-state index >= 15 is 0 Å². The van der Waals surface area contributed by atoms with Crippen LogP contribution in [0.4, 0.5) is 0 Å². The zero-order valence-corrected chi connectivity index (χ0v) is 39.5. The Balaban J connectivity index is 1.67. The fourth-order valence-corrected chi connectivity index (χ4v) is 13.0. The molecule has 4 heterocycles. The summed E-state index contributed by atoms with van der Waals surface area (Å²) in [4.78, 5) is 34.9. The number of thiophene rings is 3. The van der Waals surface area contributed by atoms with Gasteiger partial charge in [-0.05, 0) is 95.7 Å². The summed E-state index contributed by atoms with van der Waals surface area (Å²) in [5, 5.41) is 2.90. The normalized spacial score (nSPS) is 14.7. The molecule has 1 aromatic carbocycles. The number of nitrogens with zero attached hydrogens (tertiary/aromatic N) is 1. The van der Waals surface area contributed by atoms with E-state index < -0.39 is 0 Å². The SMILES string of the molecule is CCCCCCCCN1C(=O)c2c(-c3cc4c(CCC(CC)CCCC)c5sc(C(C)(C)CC)cc5c(CCC(CC)CCCC)c4s3)sc(C(C)C)c2C1=O. The quantitative estimate of drug-likeness (QED) is 0.0493. The van der Waals surface area contributed by atoms with Gasteiger partial charge in [0.05, 0.1) is 16.0 Å². The van der Waals surface area contributed by atoms with Crippen LogP contribution in [0, 0.1) is 11.8 Å². The number of imide groups is 1. The Labute approximate surface area is 353 Å². The van der Waals surface area contributed by atoms with E-state index in [2.05, 4.69) is 92.7 Å². The topological polar surface area (TPSA) is 37.4 Å². The Morgan fingerprint density at radius 3 is 1.71 bits per heavy atom. The van der Waals surface area contributed by atoms with E-state index in [9.17, 15) is 9.59 Å². The van der Waals surface area contributed by atoms with Crippen LogP contribution in [-0.4, -0.2) is 23.3 Å². The molecule has 6 heteroatoms. The van der Waals surface area contributed by atoms with Gasteiger partial charge in [-0.1, -0.05) is 153 Å². The van der Waals surface area contributed by atoms with Crippen molar-refractivity contribution >= 4 is 66.0 Å². The third-order valence-corrected chi connectivity index (χ3v) is 17.7. The fraction of sp³-hybridized carbons (Fsp3) is 0.680. The lowest BCUT2D eigenvalue weighted by Crippen LogP contribution is -2.31. The van der Waals surface area contributed by atoms with Crippen molar-refractivity contribution in [3.63, 3.8) is 0 Å². The molecule has 0 aliphatic carbocycles. The maximum absolute atomic E-state index is 14.4. The number of benzene rings is 1. The first-order chi connectivity index (χ1) is 27.0. The van der Waals surface area contributed by atoms with Crippen LogP contribution in [0.25, 0.3) is 29.9 Å². The molecule has 5 rings (SSSR count). The predicted octanol–water partition coefficient (Wildman–Crippen LogP) is 16.9. The third-order valence-electron chi connectivity index (χ3n) is 13.2. The summed E-state index contributed by atoms with van der Waals surface area (Å²) < 4.78 is 2.94. The van der Waals surface area contributed by atoms with Crippen LogP contribution in [0.15, 0.2) is 12.1 Å². The number of hydrogen-bond donors (Lipinski definition) is 0. The number of carbonyl (C=O) groups excluding carboxylic acids is 2. The van der Waals surface area contributed by atoms with Gasteiger partial charge in [-0.2, -0.15) is 0 Å². The molecule has 56 heavy (non-hydrogen) atoms. The summed E-state index contributed by atoms with van der Waals surface area (Å²) in [7, 11) is 0.